The van der Waals surface area contributed by atoms with Gasteiger partial charge in [-0.2, -0.15) is 0 Å². The summed E-state index contributed by atoms with van der Waals surface area (Å²) in [6.07, 6.45) is 5.46. The second-order valence-electron chi connectivity index (χ2n) is 5.38. The maximum Gasteiger partial charge on any atom is 0.306 e. The van der Waals surface area contributed by atoms with Crippen LogP contribution >= 0.6 is 0 Å². The standard InChI is InChI=1S/C14H27NO4/c1-18-11-10-15(9-6-13(16)19-2)12-14(17)7-4-3-5-8-14/h17H,3-12H2,1-2H3. The summed E-state index contributed by atoms with van der Waals surface area (Å²) in [7, 11) is 3.06. The van der Waals surface area contributed by atoms with Gasteiger partial charge in [0.25, 0.3) is 0 Å². The zero-order valence-electron chi connectivity index (χ0n) is 12.2. The number of hydrogen-bond acceptors (Lipinski definition) is 5. The molecule has 112 valence electrons. The Balaban J connectivity index is 2.44. The molecule has 0 unspecified atom stereocenters. The molecule has 5 heteroatoms. The van der Waals surface area contributed by atoms with Crippen molar-refractivity contribution in [3.8, 4) is 0 Å². The highest BCUT2D eigenvalue weighted by Gasteiger charge is 2.31. The molecule has 1 N–H and O–H groups in total. The average Bonchev–Trinajstić information content (AvgIpc) is 2.42. The predicted molar refractivity (Wildman–Crippen MR) is 73.0 cm³/mol. The molecule has 1 fully saturated rings. The van der Waals surface area contributed by atoms with E-state index in [0.717, 1.165) is 32.2 Å². The Labute approximate surface area is 115 Å². The SMILES string of the molecule is COCCN(CCC(=O)OC)CC1(O)CCCCC1. The van der Waals surface area contributed by atoms with Crippen LogP contribution in [0.2, 0.25) is 0 Å². The molecule has 0 atom stereocenters. The average molecular weight is 273 g/mol. The molecule has 0 saturated heterocycles. The summed E-state index contributed by atoms with van der Waals surface area (Å²) in [5.41, 5.74) is -0.595. The summed E-state index contributed by atoms with van der Waals surface area (Å²) in [5, 5.41) is 10.6. The molecular formula is C14H27NO4. The van der Waals surface area contributed by atoms with Crippen LogP contribution in [0.5, 0.6) is 0 Å². The normalized spacial score (nSPS) is 18.5. The van der Waals surface area contributed by atoms with Crippen molar-refractivity contribution in [1.82, 2.24) is 4.90 Å². The van der Waals surface area contributed by atoms with E-state index >= 15 is 0 Å². The Hall–Kier alpha value is -0.650. The Morgan fingerprint density at radius 1 is 1.21 bits per heavy atom. The van der Waals surface area contributed by atoms with Crippen LogP contribution in [0.25, 0.3) is 0 Å². The van der Waals surface area contributed by atoms with Gasteiger partial charge in [-0.1, -0.05) is 19.3 Å². The van der Waals surface area contributed by atoms with Gasteiger partial charge in [-0.15, -0.1) is 0 Å². The van der Waals surface area contributed by atoms with E-state index in [2.05, 4.69) is 9.64 Å². The zero-order chi connectivity index (χ0) is 14.1. The molecule has 0 aliphatic heterocycles. The third-order valence-electron chi connectivity index (χ3n) is 3.77. The van der Waals surface area contributed by atoms with Crippen molar-refractivity contribution in [1.29, 1.82) is 0 Å². The highest BCUT2D eigenvalue weighted by atomic mass is 16.5. The Morgan fingerprint density at radius 3 is 2.47 bits per heavy atom. The number of methoxy groups -OCH3 is 2. The zero-order valence-corrected chi connectivity index (χ0v) is 12.2. The van der Waals surface area contributed by atoms with Crippen molar-refractivity contribution in [2.75, 3.05) is 40.5 Å². The van der Waals surface area contributed by atoms with Crippen LogP contribution in [0.15, 0.2) is 0 Å². The van der Waals surface area contributed by atoms with Crippen molar-refractivity contribution in [2.24, 2.45) is 0 Å². The number of aliphatic hydroxyl groups is 1. The molecule has 0 aromatic heterocycles. The van der Waals surface area contributed by atoms with Crippen LogP contribution in [-0.4, -0.2) is 62.0 Å². The van der Waals surface area contributed by atoms with Crippen LogP contribution < -0.4 is 0 Å². The van der Waals surface area contributed by atoms with Gasteiger partial charge in [0.15, 0.2) is 0 Å². The van der Waals surface area contributed by atoms with Gasteiger partial charge in [0, 0.05) is 26.7 Å². The molecule has 0 aromatic carbocycles. The van der Waals surface area contributed by atoms with E-state index < -0.39 is 5.60 Å². The molecule has 0 aromatic rings. The molecule has 0 amide bonds. The van der Waals surface area contributed by atoms with Gasteiger partial charge in [0.2, 0.25) is 0 Å². The van der Waals surface area contributed by atoms with Crippen LogP contribution in [-0.2, 0) is 14.3 Å². The second-order valence-corrected chi connectivity index (χ2v) is 5.38. The number of rotatable bonds is 8. The fraction of sp³-hybridized carbons (Fsp3) is 0.929. The van der Waals surface area contributed by atoms with E-state index in [0.29, 0.717) is 26.1 Å². The summed E-state index contributed by atoms with van der Waals surface area (Å²) in [6, 6.07) is 0. The van der Waals surface area contributed by atoms with Crippen molar-refractivity contribution < 1.29 is 19.4 Å². The molecule has 0 radical (unpaired) electrons. The monoisotopic (exact) mass is 273 g/mol. The lowest BCUT2D eigenvalue weighted by molar-refractivity contribution is -0.141. The summed E-state index contributed by atoms with van der Waals surface area (Å²) in [5.74, 6) is -0.210. The maximum absolute atomic E-state index is 11.2. The molecule has 1 rings (SSSR count). The van der Waals surface area contributed by atoms with Gasteiger partial charge in [-0.3, -0.25) is 9.69 Å². The topological polar surface area (TPSA) is 59.0 Å². The highest BCUT2D eigenvalue weighted by Crippen LogP contribution is 2.28. The van der Waals surface area contributed by atoms with E-state index in [1.807, 2.05) is 0 Å². The number of carbonyl (C=O) groups is 1. The van der Waals surface area contributed by atoms with Gasteiger partial charge in [0.05, 0.1) is 25.7 Å². The van der Waals surface area contributed by atoms with Gasteiger partial charge >= 0.3 is 5.97 Å². The molecular weight excluding hydrogens is 246 g/mol. The quantitative estimate of drug-likeness (QED) is 0.673. The fourth-order valence-electron chi connectivity index (χ4n) is 2.63. The minimum absolute atomic E-state index is 0.210. The number of ether oxygens (including phenoxy) is 2. The molecule has 19 heavy (non-hydrogen) atoms. The van der Waals surface area contributed by atoms with E-state index in [-0.39, 0.29) is 5.97 Å². The van der Waals surface area contributed by atoms with E-state index in [9.17, 15) is 9.90 Å². The molecule has 0 bridgehead atoms. The minimum atomic E-state index is -0.595. The van der Waals surface area contributed by atoms with Crippen molar-refractivity contribution in [3.63, 3.8) is 0 Å². The first kappa shape index (κ1) is 16.4. The third kappa shape index (κ3) is 6.36. The van der Waals surface area contributed by atoms with Crippen molar-refractivity contribution in [3.05, 3.63) is 0 Å². The molecule has 1 saturated carbocycles. The van der Waals surface area contributed by atoms with Crippen LogP contribution in [0.4, 0.5) is 0 Å². The van der Waals surface area contributed by atoms with Gasteiger partial charge < -0.3 is 14.6 Å². The number of hydrogen-bond donors (Lipinski definition) is 1. The number of carbonyl (C=O) groups excluding carboxylic acids is 1. The largest absolute Gasteiger partial charge is 0.469 e. The predicted octanol–water partition coefficient (Wildman–Crippen LogP) is 1.19. The van der Waals surface area contributed by atoms with Gasteiger partial charge in [-0.25, -0.2) is 0 Å². The third-order valence-corrected chi connectivity index (χ3v) is 3.77. The molecule has 0 heterocycles. The number of nitrogens with zero attached hydrogens (tertiary/aromatic N) is 1. The summed E-state index contributed by atoms with van der Waals surface area (Å²) in [6.45, 7) is 2.57. The van der Waals surface area contributed by atoms with E-state index in [1.165, 1.54) is 13.5 Å². The van der Waals surface area contributed by atoms with E-state index in [4.69, 9.17) is 4.74 Å². The minimum Gasteiger partial charge on any atom is -0.469 e. The van der Waals surface area contributed by atoms with Crippen LogP contribution in [0.1, 0.15) is 38.5 Å². The lowest BCUT2D eigenvalue weighted by Crippen LogP contribution is -2.46. The molecule has 1 aliphatic carbocycles. The Bertz CT molecular complexity index is 264. The van der Waals surface area contributed by atoms with Crippen molar-refractivity contribution >= 4 is 5.97 Å². The van der Waals surface area contributed by atoms with Crippen LogP contribution in [0.3, 0.4) is 0 Å². The summed E-state index contributed by atoms with van der Waals surface area (Å²) < 4.78 is 9.75. The van der Waals surface area contributed by atoms with Gasteiger partial charge in [-0.05, 0) is 12.8 Å². The molecule has 1 aliphatic rings. The first-order valence-electron chi connectivity index (χ1n) is 7.10. The molecule has 5 nitrogen and oxygen atoms in total. The first-order valence-corrected chi connectivity index (χ1v) is 7.10. The number of esters is 1. The highest BCUT2D eigenvalue weighted by molar-refractivity contribution is 5.69. The fourth-order valence-corrected chi connectivity index (χ4v) is 2.63. The molecule has 0 spiro atoms. The lowest BCUT2D eigenvalue weighted by atomic mass is 9.84. The van der Waals surface area contributed by atoms with E-state index in [1.54, 1.807) is 7.11 Å². The van der Waals surface area contributed by atoms with Crippen LogP contribution in [0, 0.1) is 0 Å². The summed E-state index contributed by atoms with van der Waals surface area (Å²) in [4.78, 5) is 13.3. The Morgan fingerprint density at radius 2 is 1.89 bits per heavy atom. The maximum atomic E-state index is 11.2. The van der Waals surface area contributed by atoms with Gasteiger partial charge in [0.1, 0.15) is 0 Å². The smallest absolute Gasteiger partial charge is 0.306 e. The lowest BCUT2D eigenvalue weighted by Gasteiger charge is -2.37. The van der Waals surface area contributed by atoms with Crippen molar-refractivity contribution in [2.45, 2.75) is 44.1 Å². The first-order chi connectivity index (χ1) is 9.09. The second kappa shape index (κ2) is 8.51. The Kier molecular flexibility index (Phi) is 7.34. The summed E-state index contributed by atoms with van der Waals surface area (Å²) >= 11 is 0.